The molecule has 0 spiro atoms. The van der Waals surface area contributed by atoms with Crippen molar-refractivity contribution in [3.63, 3.8) is 0 Å². The van der Waals surface area contributed by atoms with Crippen LogP contribution in [0.5, 0.6) is 0 Å². The van der Waals surface area contributed by atoms with Gasteiger partial charge >= 0.3 is 0 Å². The Morgan fingerprint density at radius 2 is 2.20 bits per heavy atom. The van der Waals surface area contributed by atoms with Gasteiger partial charge in [0, 0.05) is 19.3 Å². The van der Waals surface area contributed by atoms with Crippen LogP contribution in [0.15, 0.2) is 55.0 Å². The fourth-order valence-corrected chi connectivity index (χ4v) is 2.47. The Morgan fingerprint density at radius 1 is 1.45 bits per heavy atom. The lowest BCUT2D eigenvalue weighted by Crippen LogP contribution is -2.29. The van der Waals surface area contributed by atoms with Gasteiger partial charge in [-0.2, -0.15) is 0 Å². The van der Waals surface area contributed by atoms with Crippen LogP contribution in [0.1, 0.15) is 23.2 Å². The predicted molar refractivity (Wildman–Crippen MR) is 79.3 cm³/mol. The molecule has 2 heterocycles. The molecule has 1 aromatic rings. The summed E-state index contributed by atoms with van der Waals surface area (Å²) in [5, 5.41) is 0. The van der Waals surface area contributed by atoms with Crippen LogP contribution in [-0.4, -0.2) is 28.9 Å². The first kappa shape index (κ1) is 12.7. The number of amides is 1. The lowest BCUT2D eigenvalue weighted by molar-refractivity contribution is 0.0842. The van der Waals surface area contributed by atoms with Crippen LogP contribution in [0.25, 0.3) is 0 Å². The summed E-state index contributed by atoms with van der Waals surface area (Å²) in [6.07, 6.45) is 7.56. The van der Waals surface area contributed by atoms with Crippen LogP contribution < -0.4 is 4.90 Å². The highest BCUT2D eigenvalue weighted by molar-refractivity contribution is 6.02. The Morgan fingerprint density at radius 3 is 2.85 bits per heavy atom. The number of pyridine rings is 1. The molecule has 1 amide bonds. The molecule has 3 rings (SSSR count). The summed E-state index contributed by atoms with van der Waals surface area (Å²) >= 11 is 0. The molecule has 0 atom stereocenters. The number of anilines is 1. The van der Waals surface area contributed by atoms with Crippen molar-refractivity contribution >= 4 is 11.7 Å². The maximum Gasteiger partial charge on any atom is 0.261 e. The molecule has 0 N–H and O–H groups in total. The van der Waals surface area contributed by atoms with Crippen molar-refractivity contribution in [3.05, 3.63) is 60.6 Å². The highest BCUT2D eigenvalue weighted by Crippen LogP contribution is 2.40. The highest BCUT2D eigenvalue weighted by Gasteiger charge is 2.39. The molecular weight excluding hydrogens is 250 g/mol. The lowest BCUT2D eigenvalue weighted by Gasteiger charge is -2.27. The summed E-state index contributed by atoms with van der Waals surface area (Å²) in [5.74, 6) is 0.648. The molecule has 20 heavy (non-hydrogen) atoms. The second-order valence-corrected chi connectivity index (χ2v) is 5.07. The van der Waals surface area contributed by atoms with Crippen molar-refractivity contribution in [1.82, 2.24) is 9.88 Å². The minimum atomic E-state index is -0.0730. The Labute approximate surface area is 118 Å². The van der Waals surface area contributed by atoms with Gasteiger partial charge in [0.1, 0.15) is 5.82 Å². The number of carbonyl (C=O) groups is 1. The first-order valence-corrected chi connectivity index (χ1v) is 6.69. The Kier molecular flexibility index (Phi) is 2.93. The molecule has 102 valence electrons. The second-order valence-electron chi connectivity index (χ2n) is 5.07. The molecule has 2 aliphatic rings. The van der Waals surface area contributed by atoms with Crippen LogP contribution in [0, 0.1) is 0 Å². The zero-order chi connectivity index (χ0) is 14.3. The van der Waals surface area contributed by atoms with Crippen LogP contribution in [0.3, 0.4) is 0 Å². The number of aromatic nitrogens is 1. The van der Waals surface area contributed by atoms with Gasteiger partial charge in [-0.15, -0.1) is 0 Å². The molecule has 0 saturated heterocycles. The summed E-state index contributed by atoms with van der Waals surface area (Å²) in [6, 6.07) is 4.01. The maximum atomic E-state index is 12.5. The first-order chi connectivity index (χ1) is 9.65. The molecule has 1 aliphatic heterocycles. The molecular formula is C16H17N3O. The van der Waals surface area contributed by atoms with E-state index in [4.69, 9.17) is 0 Å². The van der Waals surface area contributed by atoms with Gasteiger partial charge in [-0.1, -0.05) is 19.2 Å². The molecule has 4 heteroatoms. The van der Waals surface area contributed by atoms with E-state index in [1.165, 1.54) is 0 Å². The third-order valence-corrected chi connectivity index (χ3v) is 3.70. The van der Waals surface area contributed by atoms with Gasteiger partial charge < -0.3 is 9.80 Å². The van der Waals surface area contributed by atoms with Crippen molar-refractivity contribution in [2.45, 2.75) is 18.9 Å². The zero-order valence-electron chi connectivity index (χ0n) is 11.5. The van der Waals surface area contributed by atoms with Crippen molar-refractivity contribution < 1.29 is 4.79 Å². The Bertz CT molecular complexity index is 628. The molecule has 0 aromatic carbocycles. The van der Waals surface area contributed by atoms with Gasteiger partial charge in [0.05, 0.1) is 17.0 Å². The number of fused-ring (bicyclic) bond motifs is 1. The quantitative estimate of drug-likeness (QED) is 0.826. The fourth-order valence-electron chi connectivity index (χ4n) is 2.47. The van der Waals surface area contributed by atoms with Gasteiger partial charge in [0.15, 0.2) is 0 Å². The number of carbonyl (C=O) groups excluding carboxylic acids is 1. The minimum Gasteiger partial charge on any atom is -0.321 e. The monoisotopic (exact) mass is 267 g/mol. The van der Waals surface area contributed by atoms with E-state index < -0.39 is 0 Å². The third kappa shape index (κ3) is 1.84. The third-order valence-electron chi connectivity index (χ3n) is 3.70. The Balaban J connectivity index is 2.24. The van der Waals surface area contributed by atoms with Crippen LogP contribution in [0.4, 0.5) is 5.82 Å². The van der Waals surface area contributed by atoms with Gasteiger partial charge in [-0.05, 0) is 31.1 Å². The summed E-state index contributed by atoms with van der Waals surface area (Å²) in [4.78, 5) is 20.7. The van der Waals surface area contributed by atoms with Crippen LogP contribution >= 0.6 is 0 Å². The van der Waals surface area contributed by atoms with Gasteiger partial charge in [0.25, 0.3) is 5.91 Å². The normalized spacial score (nSPS) is 20.9. The molecule has 0 radical (unpaired) electrons. The first-order valence-electron chi connectivity index (χ1n) is 6.69. The number of allylic oxidation sites excluding steroid dienone is 2. The molecule has 1 fully saturated rings. The van der Waals surface area contributed by atoms with Crippen molar-refractivity contribution in [2.24, 2.45) is 0 Å². The molecule has 0 bridgehead atoms. The number of hydrogen-bond acceptors (Lipinski definition) is 3. The zero-order valence-corrected chi connectivity index (χ0v) is 11.5. The number of likely N-dealkylation sites (N-methyl/N-ethyl adjacent to an activating group) is 1. The van der Waals surface area contributed by atoms with Crippen molar-refractivity contribution in [2.75, 3.05) is 11.9 Å². The average molecular weight is 267 g/mol. The predicted octanol–water partition coefficient (Wildman–Crippen LogP) is 2.72. The summed E-state index contributed by atoms with van der Waals surface area (Å²) in [6.45, 7) is 7.83. The van der Waals surface area contributed by atoms with Crippen molar-refractivity contribution in [1.29, 1.82) is 0 Å². The summed E-state index contributed by atoms with van der Waals surface area (Å²) in [5.41, 5.74) is 2.20. The number of rotatable bonds is 2. The summed E-state index contributed by atoms with van der Waals surface area (Å²) in [7, 11) is 1.74. The van der Waals surface area contributed by atoms with E-state index >= 15 is 0 Å². The van der Waals surface area contributed by atoms with E-state index in [-0.39, 0.29) is 5.91 Å². The van der Waals surface area contributed by atoms with E-state index in [2.05, 4.69) is 23.0 Å². The molecule has 0 unspecified atom stereocenters. The largest absolute Gasteiger partial charge is 0.321 e. The Hall–Kier alpha value is -2.36. The van der Waals surface area contributed by atoms with E-state index in [1.807, 2.05) is 12.1 Å². The smallest absolute Gasteiger partial charge is 0.261 e. The van der Waals surface area contributed by atoms with Crippen molar-refractivity contribution in [3.8, 4) is 0 Å². The van der Waals surface area contributed by atoms with E-state index in [9.17, 15) is 4.79 Å². The van der Waals surface area contributed by atoms with Crippen LogP contribution in [-0.2, 0) is 0 Å². The molecule has 1 aliphatic carbocycles. The van der Waals surface area contributed by atoms with Gasteiger partial charge in [-0.3, -0.25) is 4.79 Å². The number of nitrogens with zero attached hydrogens (tertiary/aromatic N) is 3. The average Bonchev–Trinajstić information content (AvgIpc) is 3.29. The number of hydrogen-bond donors (Lipinski definition) is 0. The van der Waals surface area contributed by atoms with E-state index in [1.54, 1.807) is 30.3 Å². The van der Waals surface area contributed by atoms with Gasteiger partial charge in [-0.25, -0.2) is 4.98 Å². The second kappa shape index (κ2) is 4.63. The standard InChI is InChI=1S/C16H17N3O/c1-4-6-14-11(2)18(3)16(20)13-7-5-10-17-15(13)19(14)12-8-9-12/h4-7,10,12H,1-2,8-9H2,3H3/b14-6+. The topological polar surface area (TPSA) is 36.4 Å². The SMILES string of the molecule is C=C/C=C1\C(=C)N(C)C(=O)c2cccnc2N1C1CC1. The van der Waals surface area contributed by atoms with E-state index in [0.717, 1.165) is 24.4 Å². The van der Waals surface area contributed by atoms with Gasteiger partial charge in [0.2, 0.25) is 0 Å². The van der Waals surface area contributed by atoms with E-state index in [0.29, 0.717) is 17.3 Å². The molecule has 1 saturated carbocycles. The van der Waals surface area contributed by atoms with Crippen LogP contribution in [0.2, 0.25) is 0 Å². The maximum absolute atomic E-state index is 12.5. The molecule has 1 aromatic heterocycles. The highest BCUT2D eigenvalue weighted by atomic mass is 16.2. The summed E-state index contributed by atoms with van der Waals surface area (Å²) < 4.78 is 0. The lowest BCUT2D eigenvalue weighted by atomic mass is 10.2. The minimum absolute atomic E-state index is 0.0730. The molecule has 4 nitrogen and oxygen atoms in total. The fraction of sp³-hybridized carbons (Fsp3) is 0.250.